The van der Waals surface area contributed by atoms with Crippen molar-refractivity contribution in [2.24, 2.45) is 0 Å². The number of sulfonamides is 1. The summed E-state index contributed by atoms with van der Waals surface area (Å²) in [5.41, 5.74) is 7.69. The van der Waals surface area contributed by atoms with Crippen LogP contribution in [0.1, 0.15) is 32.6 Å². The third-order valence-electron chi connectivity index (χ3n) is 7.65. The van der Waals surface area contributed by atoms with Crippen LogP contribution in [-0.2, 0) is 26.9 Å². The molecule has 0 radical (unpaired) electrons. The minimum absolute atomic E-state index is 0.00631. The summed E-state index contributed by atoms with van der Waals surface area (Å²) in [6.45, 7) is 2.45. The van der Waals surface area contributed by atoms with Gasteiger partial charge in [-0.25, -0.2) is 26.3 Å². The summed E-state index contributed by atoms with van der Waals surface area (Å²) < 4.78 is 96.4. The Morgan fingerprint density at radius 1 is 1.04 bits per heavy atom. The first kappa shape index (κ1) is 30.5. The largest absolute Gasteiger partial charge is 0.454 e. The van der Waals surface area contributed by atoms with Gasteiger partial charge in [-0.3, -0.25) is 4.79 Å². The zero-order valence-corrected chi connectivity index (χ0v) is 24.6. The van der Waals surface area contributed by atoms with Gasteiger partial charge in [-0.05, 0) is 54.0 Å². The van der Waals surface area contributed by atoms with E-state index in [4.69, 9.17) is 15.2 Å². The molecule has 45 heavy (non-hydrogen) atoms. The van der Waals surface area contributed by atoms with E-state index in [1.54, 1.807) is 0 Å². The molecule has 0 bridgehead atoms. The Hall–Kier alpha value is -4.53. The number of nitrogens with two attached hydrogens (primary N) is 1. The van der Waals surface area contributed by atoms with E-state index in [0.29, 0.717) is 11.1 Å². The van der Waals surface area contributed by atoms with Crippen molar-refractivity contribution in [1.29, 1.82) is 0 Å². The van der Waals surface area contributed by atoms with Crippen molar-refractivity contribution in [3.05, 3.63) is 105 Å². The Morgan fingerprint density at radius 2 is 1.80 bits per heavy atom. The number of ketones is 1. The van der Waals surface area contributed by atoms with Gasteiger partial charge in [-0.15, -0.1) is 0 Å². The van der Waals surface area contributed by atoms with E-state index >= 15 is 4.39 Å². The van der Waals surface area contributed by atoms with Crippen molar-refractivity contribution in [2.75, 3.05) is 32.0 Å². The molecule has 0 spiro atoms. The van der Waals surface area contributed by atoms with Crippen molar-refractivity contribution in [1.82, 2.24) is 14.1 Å². The molecule has 0 amide bonds. The van der Waals surface area contributed by atoms with Crippen LogP contribution in [0.25, 0.3) is 11.8 Å². The number of morpholine rings is 1. The highest BCUT2D eigenvalue weighted by molar-refractivity contribution is 7.88. The Morgan fingerprint density at radius 3 is 2.53 bits per heavy atom. The Bertz CT molecular complexity index is 1960. The second-order valence-corrected chi connectivity index (χ2v) is 12.6. The molecule has 3 aromatic carbocycles. The van der Waals surface area contributed by atoms with Gasteiger partial charge in [-0.2, -0.15) is 13.8 Å². The number of allylic oxidation sites excluding steroid dienone is 1. The highest BCUT2D eigenvalue weighted by Crippen LogP contribution is 2.34. The van der Waals surface area contributed by atoms with Gasteiger partial charge < -0.3 is 15.2 Å². The maximum absolute atomic E-state index is 15.3. The fraction of sp³-hybridized carbons (Fsp3) is 0.226. The standard InChI is InChI=1S/C31H26F4N4O5S/c1-17-9-22(44-27-4-2-3-24(32)28(27)35)14-26(34)29(17)39-31(36)23(15-37-39)30(40)20-10-18-12-21(25(33)13-19(18)11-20)16-45(41,42)38-5-7-43-8-6-38/h2-4,9,11-15H,5-8,10,16,36H2,1H3. The maximum Gasteiger partial charge on any atom is 0.218 e. The van der Waals surface area contributed by atoms with Gasteiger partial charge in [0.2, 0.25) is 15.8 Å². The van der Waals surface area contributed by atoms with Crippen molar-refractivity contribution in [3.8, 4) is 17.2 Å². The third-order valence-corrected chi connectivity index (χ3v) is 9.47. The van der Waals surface area contributed by atoms with Crippen LogP contribution >= 0.6 is 0 Å². The van der Waals surface area contributed by atoms with E-state index in [2.05, 4.69) is 5.10 Å². The van der Waals surface area contributed by atoms with Gasteiger partial charge in [0, 0.05) is 36.7 Å². The maximum atomic E-state index is 15.3. The van der Waals surface area contributed by atoms with E-state index in [0.717, 1.165) is 16.8 Å². The molecular formula is C31H26F4N4O5S. The third kappa shape index (κ3) is 5.83. The molecular weight excluding hydrogens is 616 g/mol. The summed E-state index contributed by atoms with van der Waals surface area (Å²) in [6.07, 6.45) is 2.79. The molecule has 2 heterocycles. The molecule has 1 saturated heterocycles. The monoisotopic (exact) mass is 642 g/mol. The van der Waals surface area contributed by atoms with Gasteiger partial charge >= 0.3 is 0 Å². The lowest BCUT2D eigenvalue weighted by Gasteiger charge is -2.26. The van der Waals surface area contributed by atoms with Crippen molar-refractivity contribution >= 4 is 27.7 Å². The predicted molar refractivity (Wildman–Crippen MR) is 157 cm³/mol. The topological polar surface area (TPSA) is 117 Å². The molecule has 1 fully saturated rings. The number of nitrogens with zero attached hydrogens (tertiary/aromatic N) is 3. The van der Waals surface area contributed by atoms with Gasteiger partial charge in [0.25, 0.3) is 0 Å². The molecule has 0 atom stereocenters. The van der Waals surface area contributed by atoms with Crippen LogP contribution < -0.4 is 10.5 Å². The van der Waals surface area contributed by atoms with E-state index in [1.807, 2.05) is 0 Å². The number of rotatable bonds is 8. The molecule has 6 rings (SSSR count). The average molecular weight is 643 g/mol. The fourth-order valence-electron chi connectivity index (χ4n) is 5.39. The summed E-state index contributed by atoms with van der Waals surface area (Å²) in [5.74, 6) is -5.63. The molecule has 4 aromatic rings. The predicted octanol–water partition coefficient (Wildman–Crippen LogP) is 5.10. The lowest BCUT2D eigenvalue weighted by atomic mass is 10.0. The Labute approximate surface area is 255 Å². The van der Waals surface area contributed by atoms with Gasteiger partial charge in [-0.1, -0.05) is 12.1 Å². The molecule has 0 saturated carbocycles. The number of halogens is 4. The molecule has 2 aliphatic rings. The minimum atomic E-state index is -3.78. The molecule has 1 aliphatic carbocycles. The van der Waals surface area contributed by atoms with Crippen LogP contribution in [0.15, 0.2) is 54.2 Å². The first-order valence-electron chi connectivity index (χ1n) is 13.8. The van der Waals surface area contributed by atoms with Crippen molar-refractivity contribution < 1.29 is 40.2 Å². The van der Waals surface area contributed by atoms with Crippen LogP contribution in [0.4, 0.5) is 23.4 Å². The number of hydrogen-bond donors (Lipinski definition) is 1. The molecule has 9 nitrogen and oxygen atoms in total. The number of fused-ring (bicyclic) bond motifs is 1. The normalized spacial score (nSPS) is 15.2. The number of Topliss-reactive ketones (excluding diaryl/α,β-unsaturated/α-hetero) is 1. The number of carbonyl (C=O) groups excluding carboxylic acids is 1. The quantitative estimate of drug-likeness (QED) is 0.210. The van der Waals surface area contributed by atoms with E-state index in [-0.39, 0.29) is 72.2 Å². The molecule has 14 heteroatoms. The summed E-state index contributed by atoms with van der Waals surface area (Å²) >= 11 is 0. The number of hydrogen-bond acceptors (Lipinski definition) is 7. The van der Waals surface area contributed by atoms with Gasteiger partial charge in [0.1, 0.15) is 23.1 Å². The second kappa shape index (κ2) is 11.8. The van der Waals surface area contributed by atoms with Crippen LogP contribution in [-0.4, -0.2) is 54.6 Å². The van der Waals surface area contributed by atoms with Crippen molar-refractivity contribution in [3.63, 3.8) is 0 Å². The lowest BCUT2D eigenvalue weighted by molar-refractivity contribution is 0.0729. The lowest BCUT2D eigenvalue weighted by Crippen LogP contribution is -2.41. The molecule has 234 valence electrons. The SMILES string of the molecule is Cc1cc(Oc2cccc(F)c2F)cc(F)c1-n1ncc(C(=O)C2=Cc3cc(F)c(CS(=O)(=O)N4CCOCC4)cc3C2)c1N. The molecule has 2 N–H and O–H groups in total. The molecule has 1 aromatic heterocycles. The number of aromatic nitrogens is 2. The van der Waals surface area contributed by atoms with Gasteiger partial charge in [0.05, 0.1) is 30.7 Å². The fourth-order valence-corrected chi connectivity index (χ4v) is 6.89. The van der Waals surface area contributed by atoms with E-state index in [1.165, 1.54) is 53.8 Å². The van der Waals surface area contributed by atoms with Crippen LogP contribution in [0.5, 0.6) is 11.5 Å². The Kier molecular flexibility index (Phi) is 7.97. The minimum Gasteiger partial charge on any atom is -0.454 e. The zero-order valence-electron chi connectivity index (χ0n) is 23.8. The van der Waals surface area contributed by atoms with Crippen LogP contribution in [0, 0.1) is 30.2 Å². The number of anilines is 1. The highest BCUT2D eigenvalue weighted by Gasteiger charge is 2.29. The Balaban J connectivity index is 1.21. The summed E-state index contributed by atoms with van der Waals surface area (Å²) in [6, 6.07) is 8.35. The first-order chi connectivity index (χ1) is 21.4. The number of nitrogen functional groups attached to an aromatic ring is 1. The summed E-state index contributed by atoms with van der Waals surface area (Å²) in [7, 11) is -3.78. The number of benzene rings is 3. The zero-order chi connectivity index (χ0) is 32.0. The smallest absolute Gasteiger partial charge is 0.218 e. The number of aryl methyl sites for hydroxylation is 1. The van der Waals surface area contributed by atoms with E-state index in [9.17, 15) is 26.4 Å². The van der Waals surface area contributed by atoms with Crippen LogP contribution in [0.2, 0.25) is 0 Å². The van der Waals surface area contributed by atoms with Crippen molar-refractivity contribution in [2.45, 2.75) is 19.1 Å². The highest BCUT2D eigenvalue weighted by atomic mass is 32.2. The van der Waals surface area contributed by atoms with Crippen LogP contribution in [0.3, 0.4) is 0 Å². The number of ether oxygens (including phenoxy) is 2. The van der Waals surface area contributed by atoms with Gasteiger partial charge in [0.15, 0.2) is 23.2 Å². The second-order valence-electron chi connectivity index (χ2n) is 10.7. The summed E-state index contributed by atoms with van der Waals surface area (Å²) in [5, 5.41) is 4.11. The number of carbonyl (C=O) groups is 1. The van der Waals surface area contributed by atoms with E-state index < -0.39 is 50.6 Å². The average Bonchev–Trinajstić information content (AvgIpc) is 3.58. The first-order valence-corrected chi connectivity index (χ1v) is 15.4. The molecule has 1 aliphatic heterocycles. The molecule has 0 unspecified atom stereocenters. The summed E-state index contributed by atoms with van der Waals surface area (Å²) in [4.78, 5) is 13.5.